The number of aliphatic hydroxyl groups excluding tert-OH is 1. The number of ketones is 2. The molecule has 18 heavy (non-hydrogen) atoms. The van der Waals surface area contributed by atoms with Gasteiger partial charge in [0, 0.05) is 16.7 Å². The van der Waals surface area contributed by atoms with E-state index < -0.39 is 11.6 Å². The first-order valence-electron chi connectivity index (χ1n) is 5.40. The standard InChI is InChI=1S/C14H12O4/c1-3-4-10-12(15)11-7-8(18-2)5-6-9(11)13(16)14(10)17/h3,5-7,15H,1,4H2,2H3. The first kappa shape index (κ1) is 12.1. The molecule has 1 aliphatic rings. The molecule has 92 valence electrons. The molecule has 0 bridgehead atoms. The number of aliphatic hydroxyl groups is 1. The van der Waals surface area contributed by atoms with Crippen LogP contribution >= 0.6 is 0 Å². The van der Waals surface area contributed by atoms with Crippen molar-refractivity contribution in [3.8, 4) is 5.75 Å². The van der Waals surface area contributed by atoms with Gasteiger partial charge in [-0.3, -0.25) is 9.59 Å². The summed E-state index contributed by atoms with van der Waals surface area (Å²) in [6.45, 7) is 3.50. The second-order valence-corrected chi connectivity index (χ2v) is 3.89. The van der Waals surface area contributed by atoms with E-state index in [9.17, 15) is 14.7 Å². The van der Waals surface area contributed by atoms with Crippen molar-refractivity contribution < 1.29 is 19.4 Å². The second kappa shape index (κ2) is 4.49. The predicted molar refractivity (Wildman–Crippen MR) is 66.7 cm³/mol. The van der Waals surface area contributed by atoms with Gasteiger partial charge in [-0.1, -0.05) is 6.08 Å². The molecule has 0 aliphatic heterocycles. The van der Waals surface area contributed by atoms with Gasteiger partial charge in [0.15, 0.2) is 0 Å². The van der Waals surface area contributed by atoms with Gasteiger partial charge in [0.05, 0.1) is 7.11 Å². The van der Waals surface area contributed by atoms with E-state index >= 15 is 0 Å². The Kier molecular flexibility index (Phi) is 3.02. The smallest absolute Gasteiger partial charge is 0.234 e. The summed E-state index contributed by atoms with van der Waals surface area (Å²) < 4.78 is 5.04. The lowest BCUT2D eigenvalue weighted by Gasteiger charge is -2.17. The highest BCUT2D eigenvalue weighted by atomic mass is 16.5. The number of carbonyl (C=O) groups excluding carboxylic acids is 2. The molecule has 0 amide bonds. The maximum Gasteiger partial charge on any atom is 0.234 e. The molecular formula is C14H12O4. The van der Waals surface area contributed by atoms with Crippen molar-refractivity contribution in [2.24, 2.45) is 0 Å². The largest absolute Gasteiger partial charge is 0.507 e. The minimum Gasteiger partial charge on any atom is -0.507 e. The van der Waals surface area contributed by atoms with Gasteiger partial charge in [0.25, 0.3) is 0 Å². The first-order chi connectivity index (χ1) is 8.60. The fraction of sp³-hybridized carbons (Fsp3) is 0.143. The van der Waals surface area contributed by atoms with Crippen LogP contribution in [0.5, 0.6) is 5.75 Å². The zero-order valence-electron chi connectivity index (χ0n) is 9.90. The van der Waals surface area contributed by atoms with Gasteiger partial charge in [-0.2, -0.15) is 0 Å². The van der Waals surface area contributed by atoms with E-state index in [-0.39, 0.29) is 23.3 Å². The van der Waals surface area contributed by atoms with Gasteiger partial charge in [0.2, 0.25) is 11.6 Å². The molecule has 1 aromatic rings. The Morgan fingerprint density at radius 3 is 2.61 bits per heavy atom. The number of hydrogen-bond donors (Lipinski definition) is 1. The third-order valence-corrected chi connectivity index (χ3v) is 2.84. The maximum atomic E-state index is 11.9. The molecule has 2 rings (SSSR count). The molecule has 0 fully saturated rings. The lowest BCUT2D eigenvalue weighted by Crippen LogP contribution is -2.23. The Bertz CT molecular complexity index is 581. The van der Waals surface area contributed by atoms with E-state index in [0.717, 1.165) is 0 Å². The second-order valence-electron chi connectivity index (χ2n) is 3.89. The number of rotatable bonds is 3. The molecule has 4 heteroatoms. The molecule has 1 aromatic carbocycles. The number of hydrogen-bond acceptors (Lipinski definition) is 4. The van der Waals surface area contributed by atoms with Gasteiger partial charge in [-0.25, -0.2) is 0 Å². The van der Waals surface area contributed by atoms with Crippen LogP contribution in [-0.2, 0) is 4.79 Å². The van der Waals surface area contributed by atoms with Crippen LogP contribution in [0.2, 0.25) is 0 Å². The molecule has 1 aliphatic carbocycles. The molecule has 0 saturated carbocycles. The van der Waals surface area contributed by atoms with Gasteiger partial charge >= 0.3 is 0 Å². The number of allylic oxidation sites excluding steroid dienone is 2. The van der Waals surface area contributed by atoms with Crippen LogP contribution in [0.4, 0.5) is 0 Å². The molecule has 0 radical (unpaired) electrons. The monoisotopic (exact) mass is 244 g/mol. The van der Waals surface area contributed by atoms with Gasteiger partial charge in [-0.15, -0.1) is 6.58 Å². The highest BCUT2D eigenvalue weighted by Gasteiger charge is 2.32. The molecule has 0 heterocycles. The van der Waals surface area contributed by atoms with Gasteiger partial charge < -0.3 is 9.84 Å². The predicted octanol–water partition coefficient (Wildman–Crippen LogP) is 2.31. The van der Waals surface area contributed by atoms with Crippen molar-refractivity contribution in [3.63, 3.8) is 0 Å². The minimum absolute atomic E-state index is 0.0794. The summed E-state index contributed by atoms with van der Waals surface area (Å²) in [5, 5.41) is 10.1. The van der Waals surface area contributed by atoms with Crippen LogP contribution in [0, 0.1) is 0 Å². The van der Waals surface area contributed by atoms with Gasteiger partial charge in [0.1, 0.15) is 11.5 Å². The third-order valence-electron chi connectivity index (χ3n) is 2.84. The number of ether oxygens (including phenoxy) is 1. The Labute approximate surface area is 104 Å². The van der Waals surface area contributed by atoms with Crippen molar-refractivity contribution >= 4 is 17.3 Å². The van der Waals surface area contributed by atoms with Crippen molar-refractivity contribution in [3.05, 3.63) is 47.6 Å². The summed E-state index contributed by atoms with van der Waals surface area (Å²) in [7, 11) is 1.49. The Balaban J connectivity index is 2.67. The van der Waals surface area contributed by atoms with E-state index in [1.54, 1.807) is 6.07 Å². The van der Waals surface area contributed by atoms with Crippen molar-refractivity contribution in [2.45, 2.75) is 6.42 Å². The van der Waals surface area contributed by atoms with E-state index in [4.69, 9.17) is 4.74 Å². The normalized spacial score (nSPS) is 14.5. The molecular weight excluding hydrogens is 232 g/mol. The molecule has 0 aromatic heterocycles. The Hall–Kier alpha value is -2.36. The number of fused-ring (bicyclic) bond motifs is 1. The number of benzene rings is 1. The number of methoxy groups -OCH3 is 1. The Morgan fingerprint density at radius 2 is 2.00 bits per heavy atom. The molecule has 0 spiro atoms. The average molecular weight is 244 g/mol. The maximum absolute atomic E-state index is 11.9. The average Bonchev–Trinajstić information content (AvgIpc) is 2.40. The van der Waals surface area contributed by atoms with Crippen LogP contribution in [0.1, 0.15) is 22.3 Å². The topological polar surface area (TPSA) is 63.6 Å². The fourth-order valence-electron chi connectivity index (χ4n) is 1.91. The quantitative estimate of drug-likeness (QED) is 0.654. The van der Waals surface area contributed by atoms with Crippen LogP contribution < -0.4 is 4.74 Å². The highest BCUT2D eigenvalue weighted by molar-refractivity contribution is 6.52. The van der Waals surface area contributed by atoms with E-state index in [1.807, 2.05) is 0 Å². The number of Topliss-reactive ketones (excluding diaryl/α,β-unsaturated/α-hetero) is 2. The third kappa shape index (κ3) is 1.72. The highest BCUT2D eigenvalue weighted by Crippen LogP contribution is 2.31. The minimum atomic E-state index is -0.676. The van der Waals surface area contributed by atoms with E-state index in [2.05, 4.69) is 6.58 Å². The summed E-state index contributed by atoms with van der Waals surface area (Å²) in [6.07, 6.45) is 1.63. The van der Waals surface area contributed by atoms with Crippen molar-refractivity contribution in [2.75, 3.05) is 7.11 Å². The molecule has 0 unspecified atom stereocenters. The first-order valence-corrected chi connectivity index (χ1v) is 5.40. The van der Waals surface area contributed by atoms with Crippen molar-refractivity contribution in [1.29, 1.82) is 0 Å². The summed E-state index contributed by atoms with van der Waals surface area (Å²) in [5.74, 6) is -0.943. The van der Waals surface area contributed by atoms with E-state index in [1.165, 1.54) is 25.3 Å². The lowest BCUT2D eigenvalue weighted by atomic mass is 9.87. The van der Waals surface area contributed by atoms with Crippen LogP contribution in [0.25, 0.3) is 5.76 Å². The molecule has 0 saturated heterocycles. The summed E-state index contributed by atoms with van der Waals surface area (Å²) >= 11 is 0. The van der Waals surface area contributed by atoms with Crippen molar-refractivity contribution in [1.82, 2.24) is 0 Å². The molecule has 0 atom stereocenters. The summed E-state index contributed by atoms with van der Waals surface area (Å²) in [5.41, 5.74) is 0.609. The number of carbonyl (C=O) groups is 2. The zero-order valence-corrected chi connectivity index (χ0v) is 9.90. The van der Waals surface area contributed by atoms with Crippen LogP contribution in [-0.4, -0.2) is 23.8 Å². The van der Waals surface area contributed by atoms with E-state index in [0.29, 0.717) is 11.3 Å². The zero-order chi connectivity index (χ0) is 13.3. The van der Waals surface area contributed by atoms with Crippen LogP contribution in [0.15, 0.2) is 36.4 Å². The Morgan fingerprint density at radius 1 is 1.28 bits per heavy atom. The fourth-order valence-corrected chi connectivity index (χ4v) is 1.91. The molecule has 1 N–H and O–H groups in total. The summed E-state index contributed by atoms with van der Waals surface area (Å²) in [6, 6.07) is 4.60. The molecule has 4 nitrogen and oxygen atoms in total. The van der Waals surface area contributed by atoms with Gasteiger partial charge in [-0.05, 0) is 24.6 Å². The van der Waals surface area contributed by atoms with Crippen LogP contribution in [0.3, 0.4) is 0 Å². The summed E-state index contributed by atoms with van der Waals surface area (Å²) in [4.78, 5) is 23.7. The lowest BCUT2D eigenvalue weighted by molar-refractivity contribution is -0.112. The SMILES string of the molecule is C=CCC1=C(O)c2cc(OC)ccc2C(=O)C1=O.